The molecule has 1 aromatic heterocycles. The van der Waals surface area contributed by atoms with Crippen LogP contribution in [0.15, 0.2) is 12.1 Å². The maximum atomic E-state index is 11.9. The lowest BCUT2D eigenvalue weighted by Crippen LogP contribution is -2.40. The number of carbonyl (C=O) groups excluding carboxylic acids is 1. The first-order chi connectivity index (χ1) is 9.65. The molecule has 5 heteroatoms. The predicted molar refractivity (Wildman–Crippen MR) is 75.3 cm³/mol. The standard InChI is InChI=1S/C15H19N3O2/c1-3-20-15(19)13-5-4-8-18(10-13)14-12(9-16)7-6-11(2)17-14/h6-7,13H,3-5,8,10H2,1-2H3. The van der Waals surface area contributed by atoms with Gasteiger partial charge in [-0.2, -0.15) is 5.26 Å². The van der Waals surface area contributed by atoms with Gasteiger partial charge in [0, 0.05) is 18.8 Å². The molecule has 0 radical (unpaired) electrons. The van der Waals surface area contributed by atoms with Crippen molar-refractivity contribution in [2.45, 2.75) is 26.7 Å². The summed E-state index contributed by atoms with van der Waals surface area (Å²) in [4.78, 5) is 18.3. The average Bonchev–Trinajstić information content (AvgIpc) is 2.47. The van der Waals surface area contributed by atoms with E-state index in [9.17, 15) is 10.1 Å². The van der Waals surface area contributed by atoms with Gasteiger partial charge in [-0.1, -0.05) is 0 Å². The molecule has 0 N–H and O–H groups in total. The third-order valence-corrected chi connectivity index (χ3v) is 3.48. The molecule has 1 aliphatic rings. The Labute approximate surface area is 119 Å². The van der Waals surface area contributed by atoms with E-state index in [0.29, 0.717) is 24.5 Å². The fourth-order valence-corrected chi connectivity index (χ4v) is 2.49. The first-order valence-corrected chi connectivity index (χ1v) is 6.95. The van der Waals surface area contributed by atoms with Crippen molar-refractivity contribution in [3.8, 4) is 6.07 Å². The van der Waals surface area contributed by atoms with E-state index in [4.69, 9.17) is 4.74 Å². The minimum absolute atomic E-state index is 0.127. The Morgan fingerprint density at radius 3 is 3.10 bits per heavy atom. The summed E-state index contributed by atoms with van der Waals surface area (Å²) in [5, 5.41) is 9.19. The molecule has 1 saturated heterocycles. The van der Waals surface area contributed by atoms with Crippen LogP contribution in [-0.4, -0.2) is 30.6 Å². The number of nitriles is 1. The average molecular weight is 273 g/mol. The Balaban J connectivity index is 2.19. The molecule has 2 heterocycles. The summed E-state index contributed by atoms with van der Waals surface area (Å²) >= 11 is 0. The van der Waals surface area contributed by atoms with Crippen LogP contribution < -0.4 is 4.90 Å². The fraction of sp³-hybridized carbons (Fsp3) is 0.533. The van der Waals surface area contributed by atoms with Crippen LogP contribution in [0.2, 0.25) is 0 Å². The predicted octanol–water partition coefficient (Wildman–Crippen LogP) is 2.04. The van der Waals surface area contributed by atoms with E-state index in [1.165, 1.54) is 0 Å². The molecule has 1 fully saturated rings. The van der Waals surface area contributed by atoms with Crippen molar-refractivity contribution in [1.82, 2.24) is 4.98 Å². The molecule has 0 saturated carbocycles. The van der Waals surface area contributed by atoms with E-state index in [1.807, 2.05) is 24.8 Å². The van der Waals surface area contributed by atoms with Crippen LogP contribution in [0.1, 0.15) is 31.0 Å². The molecule has 1 unspecified atom stereocenters. The van der Waals surface area contributed by atoms with Crippen molar-refractivity contribution < 1.29 is 9.53 Å². The highest BCUT2D eigenvalue weighted by molar-refractivity contribution is 5.73. The van der Waals surface area contributed by atoms with Crippen molar-refractivity contribution in [2.75, 3.05) is 24.6 Å². The number of esters is 1. The second-order valence-corrected chi connectivity index (χ2v) is 4.97. The number of piperidine rings is 1. The summed E-state index contributed by atoms with van der Waals surface area (Å²) in [6, 6.07) is 5.78. The van der Waals surface area contributed by atoms with Crippen molar-refractivity contribution in [2.24, 2.45) is 5.92 Å². The number of hydrogen-bond acceptors (Lipinski definition) is 5. The monoisotopic (exact) mass is 273 g/mol. The number of aryl methyl sites for hydroxylation is 1. The zero-order chi connectivity index (χ0) is 14.5. The number of pyridine rings is 1. The van der Waals surface area contributed by atoms with E-state index in [2.05, 4.69) is 11.1 Å². The van der Waals surface area contributed by atoms with Gasteiger partial charge >= 0.3 is 5.97 Å². The van der Waals surface area contributed by atoms with Crippen LogP contribution in [0.5, 0.6) is 0 Å². The maximum Gasteiger partial charge on any atom is 0.310 e. The van der Waals surface area contributed by atoms with Crippen molar-refractivity contribution >= 4 is 11.8 Å². The fourth-order valence-electron chi connectivity index (χ4n) is 2.49. The third kappa shape index (κ3) is 3.08. The number of rotatable bonds is 3. The van der Waals surface area contributed by atoms with Crippen LogP contribution in [-0.2, 0) is 9.53 Å². The molecule has 2 rings (SSSR count). The van der Waals surface area contributed by atoms with Gasteiger partial charge in [0.1, 0.15) is 11.9 Å². The van der Waals surface area contributed by atoms with Gasteiger partial charge in [-0.05, 0) is 38.8 Å². The Morgan fingerprint density at radius 2 is 2.40 bits per heavy atom. The Morgan fingerprint density at radius 1 is 1.60 bits per heavy atom. The lowest BCUT2D eigenvalue weighted by Gasteiger charge is -2.32. The molecule has 1 atom stereocenters. The molecule has 106 valence electrons. The van der Waals surface area contributed by atoms with Crippen molar-refractivity contribution in [1.29, 1.82) is 5.26 Å². The summed E-state index contributed by atoms with van der Waals surface area (Å²) < 4.78 is 5.09. The molecule has 0 aliphatic carbocycles. The summed E-state index contributed by atoms with van der Waals surface area (Å²) in [5.41, 5.74) is 1.43. The zero-order valence-electron chi connectivity index (χ0n) is 11.9. The second kappa shape index (κ2) is 6.38. The van der Waals surface area contributed by atoms with Gasteiger partial charge < -0.3 is 9.64 Å². The summed E-state index contributed by atoms with van der Waals surface area (Å²) in [6.45, 7) is 5.51. The van der Waals surface area contributed by atoms with Gasteiger partial charge in [-0.15, -0.1) is 0 Å². The minimum atomic E-state index is -0.150. The number of hydrogen-bond donors (Lipinski definition) is 0. The molecule has 0 aromatic carbocycles. The summed E-state index contributed by atoms with van der Waals surface area (Å²) in [6.07, 6.45) is 1.74. The highest BCUT2D eigenvalue weighted by atomic mass is 16.5. The minimum Gasteiger partial charge on any atom is -0.466 e. The molecular weight excluding hydrogens is 254 g/mol. The van der Waals surface area contributed by atoms with Crippen LogP contribution in [0, 0.1) is 24.2 Å². The number of nitrogens with zero attached hydrogens (tertiary/aromatic N) is 3. The van der Waals surface area contributed by atoms with Crippen molar-refractivity contribution in [3.63, 3.8) is 0 Å². The van der Waals surface area contributed by atoms with Gasteiger partial charge in [-0.3, -0.25) is 4.79 Å². The largest absolute Gasteiger partial charge is 0.466 e. The first-order valence-electron chi connectivity index (χ1n) is 6.95. The molecule has 0 amide bonds. The highest BCUT2D eigenvalue weighted by Crippen LogP contribution is 2.25. The Kier molecular flexibility index (Phi) is 4.57. The zero-order valence-corrected chi connectivity index (χ0v) is 11.9. The SMILES string of the molecule is CCOC(=O)C1CCCN(c2nc(C)ccc2C#N)C1. The highest BCUT2D eigenvalue weighted by Gasteiger charge is 2.28. The van der Waals surface area contributed by atoms with Crippen LogP contribution >= 0.6 is 0 Å². The van der Waals surface area contributed by atoms with E-state index in [1.54, 1.807) is 6.07 Å². The quantitative estimate of drug-likeness (QED) is 0.788. The second-order valence-electron chi connectivity index (χ2n) is 4.97. The normalized spacial score (nSPS) is 18.4. The number of aromatic nitrogens is 1. The molecule has 0 spiro atoms. The molecule has 1 aromatic rings. The van der Waals surface area contributed by atoms with Gasteiger partial charge in [0.2, 0.25) is 0 Å². The lowest BCUT2D eigenvalue weighted by molar-refractivity contribution is -0.148. The lowest BCUT2D eigenvalue weighted by atomic mass is 9.98. The number of ether oxygens (including phenoxy) is 1. The van der Waals surface area contributed by atoms with Crippen LogP contribution in [0.4, 0.5) is 5.82 Å². The molecular formula is C15H19N3O2. The van der Waals surface area contributed by atoms with Crippen LogP contribution in [0.3, 0.4) is 0 Å². The summed E-state index contributed by atoms with van der Waals surface area (Å²) in [5.74, 6) is 0.405. The molecule has 1 aliphatic heterocycles. The van der Waals surface area contributed by atoms with Gasteiger partial charge in [0.15, 0.2) is 0 Å². The number of carbonyl (C=O) groups is 1. The first kappa shape index (κ1) is 14.3. The van der Waals surface area contributed by atoms with E-state index < -0.39 is 0 Å². The summed E-state index contributed by atoms with van der Waals surface area (Å²) in [7, 11) is 0. The topological polar surface area (TPSA) is 66.2 Å². The third-order valence-electron chi connectivity index (χ3n) is 3.48. The van der Waals surface area contributed by atoms with E-state index in [0.717, 1.165) is 25.1 Å². The van der Waals surface area contributed by atoms with Gasteiger partial charge in [-0.25, -0.2) is 4.98 Å². The smallest absolute Gasteiger partial charge is 0.310 e. The molecule has 20 heavy (non-hydrogen) atoms. The number of anilines is 1. The molecule has 0 bridgehead atoms. The Bertz CT molecular complexity index is 536. The van der Waals surface area contributed by atoms with Gasteiger partial charge in [0.25, 0.3) is 0 Å². The van der Waals surface area contributed by atoms with E-state index in [-0.39, 0.29) is 11.9 Å². The van der Waals surface area contributed by atoms with Crippen LogP contribution in [0.25, 0.3) is 0 Å². The Hall–Kier alpha value is -2.09. The van der Waals surface area contributed by atoms with Crippen molar-refractivity contribution in [3.05, 3.63) is 23.4 Å². The van der Waals surface area contributed by atoms with E-state index >= 15 is 0 Å². The van der Waals surface area contributed by atoms with Gasteiger partial charge in [0.05, 0.1) is 18.1 Å². The molecule has 5 nitrogen and oxygen atoms in total. The maximum absolute atomic E-state index is 11.9.